The van der Waals surface area contributed by atoms with Gasteiger partial charge >= 0.3 is 12.0 Å². The van der Waals surface area contributed by atoms with Crippen LogP contribution in [-0.2, 0) is 9.53 Å². The second kappa shape index (κ2) is 7.59. The van der Waals surface area contributed by atoms with Gasteiger partial charge in [0, 0.05) is 25.3 Å². The lowest BCUT2D eigenvalue weighted by atomic mass is 10.1. The van der Waals surface area contributed by atoms with Crippen LogP contribution in [0.15, 0.2) is 24.3 Å². The molecule has 0 radical (unpaired) electrons. The molecule has 2 rings (SSSR count). The predicted octanol–water partition coefficient (Wildman–Crippen LogP) is 0.188. The second-order valence-corrected chi connectivity index (χ2v) is 4.97. The standard InChI is InChI=1S/C15H19N3O5/c1-10(13(20)18-8-6-17-15(18)22)23-14(21)11-4-2-3-5-12(11)16-7-9-19/h2-5,10,16,19H,6-9H2,1H3,(H,17,22)/t10-/m0/s1. The van der Waals surface area contributed by atoms with Crippen molar-refractivity contribution in [1.82, 2.24) is 10.2 Å². The van der Waals surface area contributed by atoms with Crippen molar-refractivity contribution in [3.05, 3.63) is 29.8 Å². The Hall–Kier alpha value is -2.61. The van der Waals surface area contributed by atoms with E-state index in [2.05, 4.69) is 10.6 Å². The lowest BCUT2D eigenvalue weighted by molar-refractivity contribution is -0.136. The number of aliphatic hydroxyl groups is 1. The third-order valence-corrected chi connectivity index (χ3v) is 3.33. The summed E-state index contributed by atoms with van der Waals surface area (Å²) in [7, 11) is 0. The van der Waals surface area contributed by atoms with Crippen LogP contribution < -0.4 is 10.6 Å². The van der Waals surface area contributed by atoms with Crippen LogP contribution in [-0.4, -0.2) is 60.3 Å². The van der Waals surface area contributed by atoms with Crippen LogP contribution in [0.1, 0.15) is 17.3 Å². The van der Waals surface area contributed by atoms with Gasteiger partial charge in [0.25, 0.3) is 5.91 Å². The maximum Gasteiger partial charge on any atom is 0.341 e. The van der Waals surface area contributed by atoms with E-state index < -0.39 is 24.0 Å². The summed E-state index contributed by atoms with van der Waals surface area (Å²) in [5, 5.41) is 14.3. The highest BCUT2D eigenvalue weighted by molar-refractivity contribution is 6.00. The maximum atomic E-state index is 12.2. The topological polar surface area (TPSA) is 108 Å². The van der Waals surface area contributed by atoms with Crippen LogP contribution in [0.3, 0.4) is 0 Å². The molecule has 0 unspecified atom stereocenters. The molecule has 0 aliphatic carbocycles. The van der Waals surface area contributed by atoms with Crippen LogP contribution in [0, 0.1) is 0 Å². The first kappa shape index (κ1) is 16.8. The van der Waals surface area contributed by atoms with Crippen molar-refractivity contribution >= 4 is 23.6 Å². The average molecular weight is 321 g/mol. The Morgan fingerprint density at radius 2 is 2.17 bits per heavy atom. The van der Waals surface area contributed by atoms with Gasteiger partial charge in [-0.15, -0.1) is 0 Å². The molecule has 1 aliphatic heterocycles. The van der Waals surface area contributed by atoms with E-state index in [9.17, 15) is 14.4 Å². The number of anilines is 1. The van der Waals surface area contributed by atoms with Crippen molar-refractivity contribution in [3.8, 4) is 0 Å². The number of esters is 1. The fraction of sp³-hybridized carbons (Fsp3) is 0.400. The van der Waals surface area contributed by atoms with Crippen molar-refractivity contribution in [3.63, 3.8) is 0 Å². The molecular weight excluding hydrogens is 302 g/mol. The molecule has 23 heavy (non-hydrogen) atoms. The molecule has 0 saturated carbocycles. The first-order chi connectivity index (χ1) is 11.0. The van der Waals surface area contributed by atoms with Gasteiger partial charge in [0.05, 0.1) is 12.2 Å². The summed E-state index contributed by atoms with van der Waals surface area (Å²) >= 11 is 0. The van der Waals surface area contributed by atoms with E-state index in [0.717, 1.165) is 4.90 Å². The number of carbonyl (C=O) groups excluding carboxylic acids is 3. The molecule has 0 spiro atoms. The molecule has 1 atom stereocenters. The number of amides is 3. The van der Waals surface area contributed by atoms with Crippen LogP contribution in [0.4, 0.5) is 10.5 Å². The summed E-state index contributed by atoms with van der Waals surface area (Å²) in [6.07, 6.45) is -1.07. The number of carbonyl (C=O) groups is 3. The van der Waals surface area contributed by atoms with Crippen LogP contribution >= 0.6 is 0 Å². The highest BCUT2D eigenvalue weighted by atomic mass is 16.5. The molecule has 0 aromatic heterocycles. The largest absolute Gasteiger partial charge is 0.449 e. The van der Waals surface area contributed by atoms with Crippen molar-refractivity contribution in [2.24, 2.45) is 0 Å². The van der Waals surface area contributed by atoms with E-state index in [1.807, 2.05) is 0 Å². The minimum atomic E-state index is -1.07. The van der Waals surface area contributed by atoms with E-state index in [0.29, 0.717) is 12.2 Å². The first-order valence-electron chi connectivity index (χ1n) is 7.28. The maximum absolute atomic E-state index is 12.2. The Bertz CT molecular complexity index is 605. The third-order valence-electron chi connectivity index (χ3n) is 3.33. The minimum absolute atomic E-state index is 0.0810. The number of hydrogen-bond donors (Lipinski definition) is 3. The molecule has 124 valence electrons. The fourth-order valence-electron chi connectivity index (χ4n) is 2.18. The van der Waals surface area contributed by atoms with E-state index in [1.165, 1.54) is 6.92 Å². The van der Waals surface area contributed by atoms with Crippen molar-refractivity contribution < 1.29 is 24.2 Å². The van der Waals surface area contributed by atoms with Gasteiger partial charge in [-0.1, -0.05) is 12.1 Å². The Balaban J connectivity index is 2.03. The Kier molecular flexibility index (Phi) is 5.53. The van der Waals surface area contributed by atoms with E-state index in [-0.39, 0.29) is 25.3 Å². The zero-order chi connectivity index (χ0) is 16.8. The van der Waals surface area contributed by atoms with Gasteiger partial charge in [-0.05, 0) is 19.1 Å². The molecule has 8 nitrogen and oxygen atoms in total. The predicted molar refractivity (Wildman–Crippen MR) is 82.0 cm³/mol. The van der Waals surface area contributed by atoms with E-state index >= 15 is 0 Å². The summed E-state index contributed by atoms with van der Waals surface area (Å²) in [4.78, 5) is 36.9. The molecule has 1 aromatic rings. The summed E-state index contributed by atoms with van der Waals surface area (Å²) in [6, 6.07) is 6.15. The van der Waals surface area contributed by atoms with Gasteiger partial charge in [0.1, 0.15) is 0 Å². The zero-order valence-electron chi connectivity index (χ0n) is 12.7. The van der Waals surface area contributed by atoms with Crippen LogP contribution in [0.25, 0.3) is 0 Å². The quantitative estimate of drug-likeness (QED) is 0.646. The lowest BCUT2D eigenvalue weighted by Crippen LogP contribution is -2.41. The highest BCUT2D eigenvalue weighted by Crippen LogP contribution is 2.17. The van der Waals surface area contributed by atoms with Gasteiger partial charge in [-0.3, -0.25) is 9.69 Å². The highest BCUT2D eigenvalue weighted by Gasteiger charge is 2.32. The molecule has 1 saturated heterocycles. The Morgan fingerprint density at radius 1 is 1.43 bits per heavy atom. The summed E-state index contributed by atoms with van der Waals surface area (Å²) in [5.41, 5.74) is 0.761. The number of benzene rings is 1. The number of urea groups is 1. The van der Waals surface area contributed by atoms with Gasteiger partial charge in [-0.2, -0.15) is 0 Å². The lowest BCUT2D eigenvalue weighted by Gasteiger charge is -2.19. The minimum Gasteiger partial charge on any atom is -0.449 e. The SMILES string of the molecule is C[C@H](OC(=O)c1ccccc1NCCO)C(=O)N1CCNC1=O. The third kappa shape index (κ3) is 3.98. The molecule has 0 bridgehead atoms. The van der Waals surface area contributed by atoms with Crippen LogP contribution in [0.5, 0.6) is 0 Å². The number of nitrogens with zero attached hydrogens (tertiary/aromatic N) is 1. The van der Waals surface area contributed by atoms with Crippen molar-refractivity contribution in [2.75, 3.05) is 31.6 Å². The molecule has 8 heteroatoms. The van der Waals surface area contributed by atoms with Crippen LogP contribution in [0.2, 0.25) is 0 Å². The molecule has 3 amide bonds. The number of ether oxygens (including phenoxy) is 1. The number of rotatable bonds is 6. The second-order valence-electron chi connectivity index (χ2n) is 4.97. The fourth-order valence-corrected chi connectivity index (χ4v) is 2.18. The van der Waals surface area contributed by atoms with Gasteiger partial charge < -0.3 is 20.5 Å². The smallest absolute Gasteiger partial charge is 0.341 e. The number of hydrogen-bond acceptors (Lipinski definition) is 6. The van der Waals surface area contributed by atoms with Gasteiger partial charge in [0.15, 0.2) is 6.10 Å². The Labute approximate surface area is 133 Å². The number of para-hydroxylation sites is 1. The molecule has 1 aromatic carbocycles. The number of nitrogens with one attached hydrogen (secondary N) is 2. The summed E-state index contributed by atoms with van der Waals surface area (Å²) < 4.78 is 5.17. The molecule has 1 heterocycles. The number of imide groups is 1. The summed E-state index contributed by atoms with van der Waals surface area (Å²) in [6.45, 7) is 2.28. The summed E-state index contributed by atoms with van der Waals surface area (Å²) in [5.74, 6) is -1.24. The molecule has 1 aliphatic rings. The molecule has 3 N–H and O–H groups in total. The van der Waals surface area contributed by atoms with E-state index in [1.54, 1.807) is 24.3 Å². The zero-order valence-corrected chi connectivity index (χ0v) is 12.7. The monoisotopic (exact) mass is 321 g/mol. The molecular formula is C15H19N3O5. The van der Waals surface area contributed by atoms with Crippen molar-refractivity contribution in [1.29, 1.82) is 0 Å². The van der Waals surface area contributed by atoms with Crippen molar-refractivity contribution in [2.45, 2.75) is 13.0 Å². The van der Waals surface area contributed by atoms with Gasteiger partial charge in [-0.25, -0.2) is 9.59 Å². The van der Waals surface area contributed by atoms with Gasteiger partial charge in [0.2, 0.25) is 0 Å². The molecule has 1 fully saturated rings. The van der Waals surface area contributed by atoms with E-state index in [4.69, 9.17) is 9.84 Å². The first-order valence-corrected chi connectivity index (χ1v) is 7.28. The number of aliphatic hydroxyl groups excluding tert-OH is 1. The Morgan fingerprint density at radius 3 is 2.83 bits per heavy atom. The normalized spacial score (nSPS) is 15.0. The average Bonchev–Trinajstić information content (AvgIpc) is 2.98.